The van der Waals surface area contributed by atoms with Crippen LogP contribution in [0.3, 0.4) is 0 Å². The molecule has 1 heterocycles. The van der Waals surface area contributed by atoms with E-state index in [1.165, 1.54) is 10.7 Å². The van der Waals surface area contributed by atoms with Crippen LogP contribution in [-0.2, 0) is 0 Å². The van der Waals surface area contributed by atoms with Gasteiger partial charge in [0.1, 0.15) is 0 Å². The van der Waals surface area contributed by atoms with Crippen LogP contribution in [0, 0.1) is 6.92 Å². The van der Waals surface area contributed by atoms with E-state index in [2.05, 4.69) is 23.8 Å². The molecule has 3 heteroatoms. The number of aromatic nitrogens is 1. The number of aliphatic imine (C=N–C) groups is 1. The fourth-order valence-corrected chi connectivity index (χ4v) is 1.55. The lowest BCUT2D eigenvalue weighted by atomic mass is 10.4. The third-order valence-electron chi connectivity index (χ3n) is 1.23. The van der Waals surface area contributed by atoms with E-state index in [9.17, 15) is 0 Å². The number of hydrogen-bond acceptors (Lipinski definition) is 2. The molecule has 0 radical (unpaired) electrons. The molecule has 0 bridgehead atoms. The number of nitrogens with zero attached hydrogens (tertiary/aromatic N) is 2. The fraction of sp³-hybridized carbons (Fsp3) is 0.500. The molecule has 1 aromatic heterocycles. The SMILES string of the molecule is Cc1ncc(C=NC(C)C)[pH]1. The highest BCUT2D eigenvalue weighted by atomic mass is 31.0. The molecule has 0 fully saturated rings. The Bertz CT molecular complexity index is 250. The molecule has 0 spiro atoms. The summed E-state index contributed by atoms with van der Waals surface area (Å²) >= 11 is 0. The van der Waals surface area contributed by atoms with Crippen LogP contribution in [0.4, 0.5) is 0 Å². The van der Waals surface area contributed by atoms with Crippen molar-refractivity contribution in [1.29, 1.82) is 0 Å². The van der Waals surface area contributed by atoms with Crippen LogP contribution in [0.5, 0.6) is 0 Å². The zero-order valence-corrected chi connectivity index (χ0v) is 8.13. The minimum atomic E-state index is 0.390. The maximum Gasteiger partial charge on any atom is 0.0537 e. The summed E-state index contributed by atoms with van der Waals surface area (Å²) in [5.41, 5.74) is 1.20. The topological polar surface area (TPSA) is 25.2 Å². The van der Waals surface area contributed by atoms with E-state index in [0.29, 0.717) is 6.04 Å². The molecule has 60 valence electrons. The lowest BCUT2D eigenvalue weighted by Crippen LogP contribution is -1.87. The summed E-state index contributed by atoms with van der Waals surface area (Å²) in [6.07, 6.45) is 3.84. The quantitative estimate of drug-likeness (QED) is 0.622. The van der Waals surface area contributed by atoms with Gasteiger partial charge in [-0.05, 0) is 20.8 Å². The van der Waals surface area contributed by atoms with Crippen LogP contribution in [0.25, 0.3) is 0 Å². The molecule has 0 N–H and O–H groups in total. The predicted octanol–water partition coefficient (Wildman–Crippen LogP) is 2.25. The molecular weight excluding hydrogens is 155 g/mol. The standard InChI is InChI=1S/C8H13N2P/c1-6(2)9-4-8-5-10-7(3)11-8/h4-6,11H,1-3H3. The van der Waals surface area contributed by atoms with Crippen molar-refractivity contribution in [2.45, 2.75) is 26.8 Å². The van der Waals surface area contributed by atoms with Crippen LogP contribution in [-0.4, -0.2) is 17.2 Å². The van der Waals surface area contributed by atoms with Gasteiger partial charge in [0.15, 0.2) is 0 Å². The van der Waals surface area contributed by atoms with E-state index < -0.39 is 0 Å². The first-order valence-electron chi connectivity index (χ1n) is 3.73. The highest BCUT2D eigenvalue weighted by molar-refractivity contribution is 7.33. The van der Waals surface area contributed by atoms with Crippen LogP contribution in [0.2, 0.25) is 0 Å². The maximum atomic E-state index is 4.28. The molecule has 0 aromatic carbocycles. The smallest absolute Gasteiger partial charge is 0.0537 e. The molecule has 0 saturated carbocycles. The second-order valence-electron chi connectivity index (χ2n) is 2.80. The normalized spacial score (nSPS) is 12.4. The molecule has 0 aliphatic heterocycles. The van der Waals surface area contributed by atoms with Gasteiger partial charge in [-0.2, -0.15) is 0 Å². The van der Waals surface area contributed by atoms with E-state index in [1.807, 2.05) is 19.3 Å². The van der Waals surface area contributed by atoms with Gasteiger partial charge in [0.05, 0.1) is 5.43 Å². The van der Waals surface area contributed by atoms with Crippen LogP contribution < -0.4 is 0 Å². The molecule has 1 aromatic rings. The molecule has 0 amide bonds. The first kappa shape index (κ1) is 8.48. The van der Waals surface area contributed by atoms with Gasteiger partial charge >= 0.3 is 0 Å². The van der Waals surface area contributed by atoms with Crippen LogP contribution in [0.15, 0.2) is 11.2 Å². The van der Waals surface area contributed by atoms with E-state index in [1.54, 1.807) is 0 Å². The first-order chi connectivity index (χ1) is 5.18. The third kappa shape index (κ3) is 2.85. The van der Waals surface area contributed by atoms with Crippen molar-refractivity contribution in [2.24, 2.45) is 4.99 Å². The fourth-order valence-electron chi connectivity index (χ4n) is 0.735. The Kier molecular flexibility index (Phi) is 2.84. The Labute approximate surface area is 68.9 Å². The van der Waals surface area contributed by atoms with Crippen LogP contribution in [0.1, 0.15) is 24.6 Å². The van der Waals surface area contributed by atoms with Crippen molar-refractivity contribution in [2.75, 3.05) is 0 Å². The summed E-state index contributed by atoms with van der Waals surface area (Å²) in [6.45, 7) is 6.19. The third-order valence-corrected chi connectivity index (χ3v) is 2.27. The zero-order chi connectivity index (χ0) is 8.27. The molecule has 0 saturated heterocycles. The van der Waals surface area contributed by atoms with E-state index in [0.717, 1.165) is 8.19 Å². The number of hydrogen-bond donors (Lipinski definition) is 0. The van der Waals surface area contributed by atoms with Gasteiger partial charge in [0.25, 0.3) is 0 Å². The first-order valence-corrected chi connectivity index (χ1v) is 4.73. The highest BCUT2D eigenvalue weighted by Crippen LogP contribution is 2.15. The van der Waals surface area contributed by atoms with Gasteiger partial charge in [-0.25, -0.2) is 0 Å². The van der Waals surface area contributed by atoms with Crippen molar-refractivity contribution in [3.05, 3.63) is 16.9 Å². The van der Waals surface area contributed by atoms with Crippen molar-refractivity contribution in [3.8, 4) is 0 Å². The molecule has 2 nitrogen and oxygen atoms in total. The highest BCUT2D eigenvalue weighted by Gasteiger charge is 1.91. The molecular formula is C8H13N2P. The Morgan fingerprint density at radius 3 is 2.82 bits per heavy atom. The van der Waals surface area contributed by atoms with Gasteiger partial charge in [-0.1, -0.05) is 0 Å². The Hall–Kier alpha value is -0.620. The van der Waals surface area contributed by atoms with Gasteiger partial charge in [-0.15, -0.1) is 8.19 Å². The zero-order valence-electron chi connectivity index (χ0n) is 7.13. The Balaban J connectivity index is 2.64. The van der Waals surface area contributed by atoms with Gasteiger partial charge < -0.3 is 0 Å². The monoisotopic (exact) mass is 168 g/mol. The predicted molar refractivity (Wildman–Crippen MR) is 51.2 cm³/mol. The Morgan fingerprint density at radius 1 is 1.64 bits per heavy atom. The van der Waals surface area contributed by atoms with E-state index >= 15 is 0 Å². The Morgan fingerprint density at radius 2 is 2.36 bits per heavy atom. The summed E-state index contributed by atoms with van der Waals surface area (Å²) in [5.74, 6) is 0. The summed E-state index contributed by atoms with van der Waals surface area (Å²) in [7, 11) is 0.735. The summed E-state index contributed by atoms with van der Waals surface area (Å²) in [4.78, 5) is 8.45. The average Bonchev–Trinajstić information content (AvgIpc) is 2.31. The van der Waals surface area contributed by atoms with Gasteiger partial charge in [0, 0.05) is 23.7 Å². The van der Waals surface area contributed by atoms with Crippen molar-refractivity contribution < 1.29 is 0 Å². The summed E-state index contributed by atoms with van der Waals surface area (Å²) in [5, 5.41) is 1.25. The lowest BCUT2D eigenvalue weighted by Gasteiger charge is -1.91. The average molecular weight is 168 g/mol. The van der Waals surface area contributed by atoms with Crippen molar-refractivity contribution in [1.82, 2.24) is 4.98 Å². The second-order valence-corrected chi connectivity index (χ2v) is 4.35. The van der Waals surface area contributed by atoms with E-state index in [4.69, 9.17) is 0 Å². The molecule has 0 aliphatic carbocycles. The van der Waals surface area contributed by atoms with Crippen LogP contribution >= 0.6 is 8.19 Å². The minimum Gasteiger partial charge on any atom is -0.289 e. The summed E-state index contributed by atoms with van der Waals surface area (Å²) in [6, 6.07) is 0.390. The van der Waals surface area contributed by atoms with Crippen molar-refractivity contribution >= 4 is 14.4 Å². The lowest BCUT2D eigenvalue weighted by molar-refractivity contribution is 0.841. The molecule has 1 unspecified atom stereocenters. The molecule has 0 aliphatic rings. The number of aryl methyl sites for hydroxylation is 1. The largest absolute Gasteiger partial charge is 0.289 e. The second kappa shape index (κ2) is 3.68. The summed E-state index contributed by atoms with van der Waals surface area (Å²) < 4.78 is 0. The molecule has 1 rings (SSSR count). The van der Waals surface area contributed by atoms with Gasteiger partial charge in [-0.3, -0.25) is 9.98 Å². The van der Waals surface area contributed by atoms with Gasteiger partial charge in [0.2, 0.25) is 0 Å². The maximum absolute atomic E-state index is 4.28. The minimum absolute atomic E-state index is 0.390. The molecule has 1 atom stereocenters. The van der Waals surface area contributed by atoms with Crippen molar-refractivity contribution in [3.63, 3.8) is 0 Å². The number of rotatable bonds is 2. The van der Waals surface area contributed by atoms with E-state index in [-0.39, 0.29) is 0 Å². The molecule has 11 heavy (non-hydrogen) atoms.